The number of ether oxygens (including phenoxy) is 1. The van der Waals surface area contributed by atoms with Gasteiger partial charge >= 0.3 is 11.9 Å². The molecule has 2 aromatic carbocycles. The summed E-state index contributed by atoms with van der Waals surface area (Å²) in [5.74, 6) is -1.43. The van der Waals surface area contributed by atoms with Gasteiger partial charge in [0.1, 0.15) is 11.8 Å². The van der Waals surface area contributed by atoms with Gasteiger partial charge in [-0.2, -0.15) is 0 Å². The van der Waals surface area contributed by atoms with Crippen LogP contribution in [-0.4, -0.2) is 34.5 Å². The molecule has 0 spiro atoms. The van der Waals surface area contributed by atoms with Gasteiger partial charge in [-0.15, -0.1) is 0 Å². The van der Waals surface area contributed by atoms with E-state index in [0.717, 1.165) is 47.9 Å². The number of non-ortho nitro benzene ring substituents is 1. The van der Waals surface area contributed by atoms with Crippen molar-refractivity contribution in [2.45, 2.75) is 110 Å². The second-order valence-corrected chi connectivity index (χ2v) is 11.0. The molecule has 0 fully saturated rings. The number of ketones is 1. The van der Waals surface area contributed by atoms with Gasteiger partial charge in [-0.05, 0) is 60.1 Å². The van der Waals surface area contributed by atoms with Crippen LogP contribution in [0, 0.1) is 10.1 Å². The monoisotopic (exact) mass is 578 g/mol. The van der Waals surface area contributed by atoms with E-state index in [0.29, 0.717) is 24.8 Å². The van der Waals surface area contributed by atoms with Gasteiger partial charge in [-0.1, -0.05) is 71.2 Å². The molecular weight excluding hydrogens is 536 g/mol. The van der Waals surface area contributed by atoms with E-state index in [1.54, 1.807) is 18.2 Å². The quantitative estimate of drug-likeness (QED) is 0.0496. The molecule has 2 aromatic rings. The van der Waals surface area contributed by atoms with Gasteiger partial charge in [0.05, 0.1) is 11.3 Å². The first kappa shape index (κ1) is 32.6. The smallest absolute Gasteiger partial charge is 0.335 e. The zero-order valence-electron chi connectivity index (χ0n) is 25.4. The number of nitro groups is 1. The van der Waals surface area contributed by atoms with E-state index < -0.39 is 28.1 Å². The molecule has 9 heteroatoms. The fourth-order valence-electron chi connectivity index (χ4n) is 5.42. The van der Waals surface area contributed by atoms with Crippen molar-refractivity contribution in [2.75, 3.05) is 0 Å². The molecule has 1 atom stereocenters. The Morgan fingerprint density at radius 1 is 0.881 bits per heavy atom. The van der Waals surface area contributed by atoms with E-state index >= 15 is 0 Å². The second-order valence-electron chi connectivity index (χ2n) is 11.0. The number of fused-ring (bicyclic) bond motifs is 3. The number of nitrogens with zero attached hydrogens (tertiary/aromatic N) is 2. The minimum atomic E-state index is -0.542. The zero-order valence-corrected chi connectivity index (χ0v) is 25.4. The number of rotatable bonds is 16. The molecule has 3 rings (SSSR count). The molecule has 226 valence electrons. The van der Waals surface area contributed by atoms with Gasteiger partial charge in [-0.25, -0.2) is 4.79 Å². The Hall–Kier alpha value is -3.88. The van der Waals surface area contributed by atoms with Gasteiger partial charge in [0.25, 0.3) is 5.69 Å². The zero-order chi connectivity index (χ0) is 30.9. The van der Waals surface area contributed by atoms with Crippen molar-refractivity contribution in [2.24, 2.45) is 5.16 Å². The van der Waals surface area contributed by atoms with E-state index in [4.69, 9.17) is 9.57 Å². The highest BCUT2D eigenvalue weighted by molar-refractivity contribution is 6.46. The summed E-state index contributed by atoms with van der Waals surface area (Å²) >= 11 is 0. The Bertz CT molecular complexity index is 1350. The molecule has 0 aliphatic heterocycles. The Labute approximate surface area is 247 Å². The third-order valence-corrected chi connectivity index (χ3v) is 8.03. The highest BCUT2D eigenvalue weighted by atomic mass is 16.7. The van der Waals surface area contributed by atoms with E-state index in [2.05, 4.69) is 19.0 Å². The van der Waals surface area contributed by atoms with Gasteiger partial charge in [-0.3, -0.25) is 19.7 Å². The summed E-state index contributed by atoms with van der Waals surface area (Å²) in [6.07, 6.45) is 5.27. The maximum atomic E-state index is 13.8. The summed E-state index contributed by atoms with van der Waals surface area (Å²) in [6, 6.07) is 10.3. The van der Waals surface area contributed by atoms with Crippen molar-refractivity contribution >= 4 is 29.1 Å². The summed E-state index contributed by atoms with van der Waals surface area (Å²) in [5.41, 5.74) is 3.41. The van der Waals surface area contributed by atoms with Crippen LogP contribution in [0.1, 0.15) is 120 Å². The number of nitro benzene ring substituents is 1. The minimum absolute atomic E-state index is 0.0279. The Morgan fingerprint density at radius 3 is 2.14 bits per heavy atom. The van der Waals surface area contributed by atoms with E-state index in [1.165, 1.54) is 6.07 Å². The van der Waals surface area contributed by atoms with Crippen LogP contribution < -0.4 is 0 Å². The number of carbonyl (C=O) groups is 3. The third kappa shape index (κ3) is 7.49. The molecule has 0 radical (unpaired) electrons. The van der Waals surface area contributed by atoms with E-state index in [-0.39, 0.29) is 36.8 Å². The molecule has 0 aromatic heterocycles. The average Bonchev–Trinajstić information content (AvgIpc) is 3.24. The number of carbonyl (C=O) groups excluding carboxylic acids is 3. The van der Waals surface area contributed by atoms with Crippen molar-refractivity contribution in [1.82, 2.24) is 0 Å². The number of benzene rings is 2. The first-order valence-electron chi connectivity index (χ1n) is 15.0. The summed E-state index contributed by atoms with van der Waals surface area (Å²) < 4.78 is 5.49. The maximum Gasteiger partial charge on any atom is 0.335 e. The predicted octanol–water partition coefficient (Wildman–Crippen LogP) is 7.86. The maximum absolute atomic E-state index is 13.8. The fourth-order valence-corrected chi connectivity index (χ4v) is 5.42. The van der Waals surface area contributed by atoms with Crippen LogP contribution >= 0.6 is 0 Å². The largest absolute Gasteiger partial charge is 0.462 e. The van der Waals surface area contributed by atoms with Crippen LogP contribution in [0.15, 0.2) is 41.6 Å². The second kappa shape index (κ2) is 14.8. The number of oxime groups is 1. The fraction of sp³-hybridized carbons (Fsp3) is 0.515. The molecule has 0 bridgehead atoms. The number of Topliss-reactive ketones (excluding diaryl/α,β-unsaturated/α-hetero) is 1. The standard InChI is InChI=1S/C33H42N2O7/c1-6-10-12-31(37)42-34-29(17-18-30(36)41-24(8-3)9-4)32(38)22-13-15-25-26-16-14-23(35(39)40)21-28(26)33(5,19-11-7-2)27(25)20-22/h13-16,20-21,24H,6-12,17-19H2,1-5H3. The average molecular weight is 579 g/mol. The van der Waals surface area contributed by atoms with Crippen molar-refractivity contribution < 1.29 is 28.9 Å². The van der Waals surface area contributed by atoms with Crippen LogP contribution in [0.25, 0.3) is 11.1 Å². The van der Waals surface area contributed by atoms with Crippen LogP contribution in [0.4, 0.5) is 5.69 Å². The molecule has 42 heavy (non-hydrogen) atoms. The van der Waals surface area contributed by atoms with Crippen molar-refractivity contribution in [3.63, 3.8) is 0 Å². The molecule has 0 saturated carbocycles. The topological polar surface area (TPSA) is 125 Å². The SMILES string of the molecule is CCCCC(=O)ON=C(CCC(=O)OC(CC)CC)C(=O)c1ccc2c(c1)C(C)(CCCC)c1cc([N+](=O)[O-])ccc1-2. The number of hydrogen-bond acceptors (Lipinski definition) is 8. The van der Waals surface area contributed by atoms with Crippen LogP contribution in [0.3, 0.4) is 0 Å². The molecule has 0 saturated heterocycles. The Balaban J connectivity index is 1.97. The number of hydrogen-bond donors (Lipinski definition) is 0. The molecular formula is C33H42N2O7. The van der Waals surface area contributed by atoms with Crippen LogP contribution in [0.5, 0.6) is 0 Å². The molecule has 0 amide bonds. The summed E-state index contributed by atoms with van der Waals surface area (Å²) in [4.78, 5) is 54.8. The first-order chi connectivity index (χ1) is 20.1. The van der Waals surface area contributed by atoms with E-state index in [9.17, 15) is 24.5 Å². The van der Waals surface area contributed by atoms with E-state index in [1.807, 2.05) is 32.9 Å². The minimum Gasteiger partial charge on any atom is -0.462 e. The van der Waals surface area contributed by atoms with Crippen LogP contribution in [0.2, 0.25) is 0 Å². The van der Waals surface area contributed by atoms with Crippen molar-refractivity contribution in [3.8, 4) is 11.1 Å². The highest BCUT2D eigenvalue weighted by Gasteiger charge is 2.40. The van der Waals surface area contributed by atoms with Crippen molar-refractivity contribution in [3.05, 3.63) is 63.2 Å². The molecule has 0 N–H and O–H groups in total. The lowest BCUT2D eigenvalue weighted by molar-refractivity contribution is -0.384. The third-order valence-electron chi connectivity index (χ3n) is 8.03. The predicted molar refractivity (Wildman–Crippen MR) is 162 cm³/mol. The molecule has 1 aliphatic rings. The molecule has 0 heterocycles. The highest BCUT2D eigenvalue weighted by Crippen LogP contribution is 2.52. The Morgan fingerprint density at radius 2 is 1.52 bits per heavy atom. The lowest BCUT2D eigenvalue weighted by atomic mass is 9.75. The first-order valence-corrected chi connectivity index (χ1v) is 15.0. The van der Waals surface area contributed by atoms with Crippen LogP contribution in [-0.2, 0) is 24.6 Å². The lowest BCUT2D eigenvalue weighted by Crippen LogP contribution is -2.23. The lowest BCUT2D eigenvalue weighted by Gasteiger charge is -2.27. The van der Waals surface area contributed by atoms with Gasteiger partial charge in [0.15, 0.2) is 0 Å². The number of esters is 1. The molecule has 1 aliphatic carbocycles. The van der Waals surface area contributed by atoms with Gasteiger partial charge in [0, 0.05) is 36.0 Å². The summed E-state index contributed by atoms with van der Waals surface area (Å²) in [5, 5.41) is 15.5. The molecule has 1 unspecified atom stereocenters. The van der Waals surface area contributed by atoms with Gasteiger partial charge in [0.2, 0.25) is 5.78 Å². The normalized spacial score (nSPS) is 15.7. The molecule has 9 nitrogen and oxygen atoms in total. The number of unbranched alkanes of at least 4 members (excludes halogenated alkanes) is 2. The van der Waals surface area contributed by atoms with Gasteiger partial charge < -0.3 is 9.57 Å². The summed E-state index contributed by atoms with van der Waals surface area (Å²) in [7, 11) is 0. The Kier molecular flexibility index (Phi) is 11.5. The summed E-state index contributed by atoms with van der Waals surface area (Å²) in [6.45, 7) is 9.98. The van der Waals surface area contributed by atoms with Crippen molar-refractivity contribution in [1.29, 1.82) is 0 Å².